The molecule has 2 atom stereocenters. The fourth-order valence-corrected chi connectivity index (χ4v) is 5.92. The summed E-state index contributed by atoms with van der Waals surface area (Å²) >= 11 is 0. The van der Waals surface area contributed by atoms with Crippen molar-refractivity contribution in [2.75, 3.05) is 19.6 Å². The van der Waals surface area contributed by atoms with E-state index in [1.165, 1.54) is 29.2 Å². The number of piperidine rings is 2. The van der Waals surface area contributed by atoms with Crippen molar-refractivity contribution in [1.82, 2.24) is 10.2 Å². The molecule has 1 aliphatic carbocycles. The van der Waals surface area contributed by atoms with Gasteiger partial charge < -0.3 is 15.0 Å². The summed E-state index contributed by atoms with van der Waals surface area (Å²) in [6, 6.07) is 15.3. The Labute approximate surface area is 209 Å². The van der Waals surface area contributed by atoms with E-state index in [-0.39, 0.29) is 36.6 Å². The van der Waals surface area contributed by atoms with Crippen molar-refractivity contribution in [2.45, 2.75) is 62.6 Å². The molecule has 36 heavy (non-hydrogen) atoms. The quantitative estimate of drug-likeness (QED) is 0.616. The second-order valence-corrected chi connectivity index (χ2v) is 10.3. The van der Waals surface area contributed by atoms with Crippen LogP contribution in [0.1, 0.15) is 61.5 Å². The van der Waals surface area contributed by atoms with Crippen molar-refractivity contribution in [3.8, 4) is 5.75 Å². The van der Waals surface area contributed by atoms with Gasteiger partial charge in [0.15, 0.2) is 5.92 Å². The number of likely N-dealkylation sites (tertiary alicyclic amines) is 1. The first-order chi connectivity index (χ1) is 17.3. The number of benzene rings is 2. The summed E-state index contributed by atoms with van der Waals surface area (Å²) in [5.74, 6) is -2.37. The van der Waals surface area contributed by atoms with Gasteiger partial charge in [-0.3, -0.25) is 9.59 Å². The van der Waals surface area contributed by atoms with E-state index >= 15 is 0 Å². The zero-order chi connectivity index (χ0) is 25.3. The summed E-state index contributed by atoms with van der Waals surface area (Å²) in [5, 5.41) is 2.98. The first-order valence-electron chi connectivity index (χ1n) is 12.7. The third-order valence-electron chi connectivity index (χ3n) is 8.17. The summed E-state index contributed by atoms with van der Waals surface area (Å²) in [4.78, 5) is 27.0. The minimum atomic E-state index is -4.68. The highest BCUT2D eigenvalue weighted by Gasteiger charge is 2.51. The van der Waals surface area contributed by atoms with Gasteiger partial charge in [-0.15, -0.1) is 0 Å². The fraction of sp³-hybridized carbons (Fsp3) is 0.500. The average molecular weight is 501 g/mol. The lowest BCUT2D eigenvalue weighted by molar-refractivity contribution is -0.173. The van der Waals surface area contributed by atoms with Crippen LogP contribution >= 0.6 is 0 Å². The molecule has 2 saturated heterocycles. The Morgan fingerprint density at radius 2 is 1.69 bits per heavy atom. The highest BCUT2D eigenvalue weighted by Crippen LogP contribution is 2.51. The van der Waals surface area contributed by atoms with Gasteiger partial charge in [0.2, 0.25) is 11.8 Å². The maximum absolute atomic E-state index is 14.0. The first kappa shape index (κ1) is 24.7. The number of ether oxygens (including phenoxy) is 1. The molecule has 5 nitrogen and oxygen atoms in total. The maximum Gasteiger partial charge on any atom is 0.404 e. The van der Waals surface area contributed by atoms with Gasteiger partial charge in [-0.05, 0) is 54.7 Å². The van der Waals surface area contributed by atoms with Crippen LogP contribution in [-0.2, 0) is 9.59 Å². The number of para-hydroxylation sites is 1. The second kappa shape index (κ2) is 9.79. The minimum Gasteiger partial charge on any atom is -0.490 e. The lowest BCUT2D eigenvalue weighted by atomic mass is 9.62. The van der Waals surface area contributed by atoms with Crippen LogP contribution in [0.4, 0.5) is 13.2 Å². The molecule has 2 aromatic rings. The van der Waals surface area contributed by atoms with Gasteiger partial charge in [-0.2, -0.15) is 13.2 Å². The zero-order valence-corrected chi connectivity index (χ0v) is 20.1. The monoisotopic (exact) mass is 500 g/mol. The van der Waals surface area contributed by atoms with Crippen molar-refractivity contribution in [1.29, 1.82) is 0 Å². The molecule has 2 unspecified atom stereocenters. The Morgan fingerprint density at radius 3 is 2.33 bits per heavy atom. The summed E-state index contributed by atoms with van der Waals surface area (Å²) in [7, 11) is 0. The molecular formula is C28H31F3N2O3. The molecule has 2 aromatic carbocycles. The number of carbonyl (C=O) groups is 2. The first-order valence-corrected chi connectivity index (χ1v) is 12.7. The van der Waals surface area contributed by atoms with Gasteiger partial charge in [-0.25, -0.2) is 0 Å². The molecule has 1 spiro atoms. The van der Waals surface area contributed by atoms with Crippen molar-refractivity contribution < 1.29 is 27.5 Å². The smallest absolute Gasteiger partial charge is 0.404 e. The molecule has 2 heterocycles. The van der Waals surface area contributed by atoms with Gasteiger partial charge >= 0.3 is 6.18 Å². The van der Waals surface area contributed by atoms with Crippen LogP contribution in [0.5, 0.6) is 5.75 Å². The van der Waals surface area contributed by atoms with Crippen LogP contribution < -0.4 is 10.1 Å². The van der Waals surface area contributed by atoms with E-state index in [1.54, 1.807) is 6.07 Å². The molecule has 1 saturated carbocycles. The largest absolute Gasteiger partial charge is 0.490 e. The van der Waals surface area contributed by atoms with E-state index in [9.17, 15) is 22.8 Å². The predicted molar refractivity (Wildman–Crippen MR) is 129 cm³/mol. The number of nitrogens with zero attached hydrogens (tertiary/aromatic N) is 1. The Bertz CT molecular complexity index is 1090. The highest BCUT2D eigenvalue weighted by atomic mass is 19.4. The zero-order valence-electron chi connectivity index (χ0n) is 20.1. The van der Waals surface area contributed by atoms with Gasteiger partial charge in [0.25, 0.3) is 0 Å². The van der Waals surface area contributed by atoms with Crippen molar-refractivity contribution in [3.63, 3.8) is 0 Å². The summed E-state index contributed by atoms with van der Waals surface area (Å²) in [5.41, 5.74) is 0.549. The molecule has 8 heteroatoms. The van der Waals surface area contributed by atoms with Crippen LogP contribution in [-0.4, -0.2) is 48.6 Å². The van der Waals surface area contributed by atoms with Crippen molar-refractivity contribution in [2.24, 2.45) is 5.41 Å². The van der Waals surface area contributed by atoms with E-state index in [2.05, 4.69) is 5.32 Å². The van der Waals surface area contributed by atoms with Gasteiger partial charge in [0.1, 0.15) is 5.75 Å². The van der Waals surface area contributed by atoms with Crippen LogP contribution in [0.15, 0.2) is 54.6 Å². The van der Waals surface area contributed by atoms with Crippen LogP contribution in [0.2, 0.25) is 0 Å². The summed E-state index contributed by atoms with van der Waals surface area (Å²) in [6.07, 6.45) is -0.0435. The number of amides is 2. The second-order valence-electron chi connectivity index (χ2n) is 10.3. The van der Waals surface area contributed by atoms with E-state index in [0.29, 0.717) is 25.8 Å². The van der Waals surface area contributed by atoms with Crippen LogP contribution in [0.3, 0.4) is 0 Å². The summed E-state index contributed by atoms with van der Waals surface area (Å²) in [6.45, 7) is 0.828. The van der Waals surface area contributed by atoms with E-state index in [1.807, 2.05) is 24.3 Å². The molecule has 3 fully saturated rings. The number of hydrogen-bond acceptors (Lipinski definition) is 3. The Balaban J connectivity index is 1.37. The van der Waals surface area contributed by atoms with E-state index in [4.69, 9.17) is 4.74 Å². The van der Waals surface area contributed by atoms with Gasteiger partial charge in [-0.1, -0.05) is 48.5 Å². The molecule has 5 rings (SSSR count). The minimum absolute atomic E-state index is 0.0312. The van der Waals surface area contributed by atoms with Crippen molar-refractivity contribution >= 4 is 11.8 Å². The SMILES string of the molecule is O=C1CC2(CCN(C(=O)C(c3ccccc3)C(F)(F)F)CC2)C(c2ccccc2OC2CCC2)CN1. The third kappa shape index (κ3) is 4.82. The van der Waals surface area contributed by atoms with Crippen molar-refractivity contribution in [3.05, 3.63) is 65.7 Å². The van der Waals surface area contributed by atoms with Crippen LogP contribution in [0.25, 0.3) is 0 Å². The highest BCUT2D eigenvalue weighted by molar-refractivity contribution is 5.85. The lowest BCUT2D eigenvalue weighted by Gasteiger charge is -2.49. The molecule has 3 aliphatic rings. The number of rotatable bonds is 5. The lowest BCUT2D eigenvalue weighted by Crippen LogP contribution is -2.54. The Hall–Kier alpha value is -3.03. The molecule has 0 aromatic heterocycles. The van der Waals surface area contributed by atoms with Gasteiger partial charge in [0.05, 0.1) is 6.10 Å². The van der Waals surface area contributed by atoms with E-state index < -0.39 is 23.4 Å². The predicted octanol–water partition coefficient (Wildman–Crippen LogP) is 5.18. The number of carbonyl (C=O) groups excluding carboxylic acids is 2. The molecule has 192 valence electrons. The molecule has 0 bridgehead atoms. The third-order valence-corrected chi connectivity index (χ3v) is 8.17. The maximum atomic E-state index is 14.0. The molecule has 0 radical (unpaired) electrons. The Morgan fingerprint density at radius 1 is 1.03 bits per heavy atom. The number of hydrogen-bond donors (Lipinski definition) is 1. The topological polar surface area (TPSA) is 58.6 Å². The number of halogens is 3. The normalized spacial score (nSPS) is 23.0. The molecule has 2 amide bonds. The van der Waals surface area contributed by atoms with E-state index in [0.717, 1.165) is 30.6 Å². The fourth-order valence-electron chi connectivity index (χ4n) is 5.92. The standard InChI is InChI=1S/C28H31F3N2O3/c29-28(30,31)25(19-7-2-1-3-8-19)26(35)33-15-13-27(14-16-33)17-24(34)32-18-22(27)21-11-4-5-12-23(21)36-20-9-6-10-20/h1-5,7-8,11-12,20,22,25H,6,9-10,13-18H2,(H,32,34). The number of nitrogens with one attached hydrogen (secondary N) is 1. The Kier molecular flexibility index (Phi) is 6.70. The van der Waals surface area contributed by atoms with Gasteiger partial charge in [0, 0.05) is 32.0 Å². The average Bonchev–Trinajstić information content (AvgIpc) is 2.82. The van der Waals surface area contributed by atoms with Crippen LogP contribution in [0, 0.1) is 5.41 Å². The molecule has 1 N–H and O–H groups in total. The number of alkyl halides is 3. The molecule has 2 aliphatic heterocycles. The summed E-state index contributed by atoms with van der Waals surface area (Å²) < 4.78 is 48.2. The molecular weight excluding hydrogens is 469 g/mol.